The van der Waals surface area contributed by atoms with Crippen LogP contribution in [0.25, 0.3) is 0 Å². The third-order valence-electron chi connectivity index (χ3n) is 4.90. The maximum atomic E-state index is 12.9. The van der Waals surface area contributed by atoms with Gasteiger partial charge in [-0.1, -0.05) is 6.92 Å². The molecular formula is C17H31N3O2. The molecule has 0 radical (unpaired) electrons. The first-order chi connectivity index (χ1) is 10.7. The average molecular weight is 309 g/mol. The standard InChI is InChI=1S/C17H31N3O2/c1-3-7-16(21)20-11-5-4-9-15(20)17(22)19-10-6-8-14(13-19)12-18-2/h14-15,18H,3-13H2,1-2H3. The average Bonchev–Trinajstić information content (AvgIpc) is 2.55. The van der Waals surface area contributed by atoms with Gasteiger partial charge >= 0.3 is 0 Å². The van der Waals surface area contributed by atoms with E-state index in [2.05, 4.69) is 5.32 Å². The van der Waals surface area contributed by atoms with E-state index in [0.717, 1.165) is 58.3 Å². The highest BCUT2D eigenvalue weighted by Crippen LogP contribution is 2.23. The van der Waals surface area contributed by atoms with Gasteiger partial charge in [0.25, 0.3) is 0 Å². The van der Waals surface area contributed by atoms with Crippen molar-refractivity contribution in [3.05, 3.63) is 0 Å². The van der Waals surface area contributed by atoms with E-state index in [1.165, 1.54) is 6.42 Å². The van der Waals surface area contributed by atoms with Crippen LogP contribution in [0.5, 0.6) is 0 Å². The van der Waals surface area contributed by atoms with Gasteiger partial charge in [-0.25, -0.2) is 0 Å². The van der Waals surface area contributed by atoms with Crippen molar-refractivity contribution in [1.29, 1.82) is 0 Å². The van der Waals surface area contributed by atoms with Crippen LogP contribution in [0.3, 0.4) is 0 Å². The Kier molecular flexibility index (Phi) is 6.68. The number of nitrogens with zero attached hydrogens (tertiary/aromatic N) is 2. The molecule has 0 spiro atoms. The van der Waals surface area contributed by atoms with Gasteiger partial charge in [-0.15, -0.1) is 0 Å². The van der Waals surface area contributed by atoms with E-state index in [0.29, 0.717) is 12.3 Å². The van der Waals surface area contributed by atoms with Crippen LogP contribution in [-0.2, 0) is 9.59 Å². The van der Waals surface area contributed by atoms with Crippen molar-refractivity contribution in [2.75, 3.05) is 33.2 Å². The van der Waals surface area contributed by atoms with E-state index in [4.69, 9.17) is 0 Å². The number of hydrogen-bond acceptors (Lipinski definition) is 3. The van der Waals surface area contributed by atoms with E-state index in [9.17, 15) is 9.59 Å². The molecule has 0 aromatic carbocycles. The monoisotopic (exact) mass is 309 g/mol. The summed E-state index contributed by atoms with van der Waals surface area (Å²) in [6, 6.07) is -0.207. The molecule has 0 saturated carbocycles. The Hall–Kier alpha value is -1.10. The largest absolute Gasteiger partial charge is 0.341 e. The maximum absolute atomic E-state index is 12.9. The summed E-state index contributed by atoms with van der Waals surface area (Å²) < 4.78 is 0. The molecular weight excluding hydrogens is 278 g/mol. The zero-order chi connectivity index (χ0) is 15.9. The quantitative estimate of drug-likeness (QED) is 0.840. The number of nitrogens with one attached hydrogen (secondary N) is 1. The summed E-state index contributed by atoms with van der Waals surface area (Å²) in [7, 11) is 1.97. The molecule has 2 amide bonds. The highest BCUT2D eigenvalue weighted by Gasteiger charge is 2.35. The molecule has 2 rings (SSSR count). The van der Waals surface area contributed by atoms with Gasteiger partial charge in [0.05, 0.1) is 0 Å². The Morgan fingerprint density at radius 2 is 1.95 bits per heavy atom. The molecule has 2 fully saturated rings. The lowest BCUT2D eigenvalue weighted by Gasteiger charge is -2.40. The molecule has 2 heterocycles. The minimum Gasteiger partial charge on any atom is -0.341 e. The second-order valence-corrected chi connectivity index (χ2v) is 6.70. The van der Waals surface area contributed by atoms with E-state index in [-0.39, 0.29) is 17.9 Å². The fraction of sp³-hybridized carbons (Fsp3) is 0.882. The van der Waals surface area contributed by atoms with Crippen LogP contribution in [0.4, 0.5) is 0 Å². The van der Waals surface area contributed by atoms with Crippen molar-refractivity contribution in [1.82, 2.24) is 15.1 Å². The predicted octanol–water partition coefficient (Wildman–Crippen LogP) is 1.63. The molecule has 2 aliphatic heterocycles. The van der Waals surface area contributed by atoms with Gasteiger partial charge in [0.1, 0.15) is 6.04 Å². The molecule has 0 aromatic rings. The Morgan fingerprint density at radius 3 is 2.68 bits per heavy atom. The number of hydrogen-bond donors (Lipinski definition) is 1. The lowest BCUT2D eigenvalue weighted by Crippen LogP contribution is -2.55. The lowest BCUT2D eigenvalue weighted by atomic mass is 9.95. The Labute approximate surface area is 134 Å². The molecule has 0 bridgehead atoms. The van der Waals surface area contributed by atoms with Crippen LogP contribution >= 0.6 is 0 Å². The molecule has 0 aliphatic carbocycles. The highest BCUT2D eigenvalue weighted by molar-refractivity contribution is 5.88. The van der Waals surface area contributed by atoms with Crippen LogP contribution in [-0.4, -0.2) is 60.9 Å². The third-order valence-corrected chi connectivity index (χ3v) is 4.90. The summed E-state index contributed by atoms with van der Waals surface area (Å²) in [5, 5.41) is 3.22. The second kappa shape index (κ2) is 8.51. The molecule has 1 N–H and O–H groups in total. The molecule has 2 saturated heterocycles. The fourth-order valence-electron chi connectivity index (χ4n) is 3.78. The summed E-state index contributed by atoms with van der Waals surface area (Å²) in [6.07, 6.45) is 6.60. The van der Waals surface area contributed by atoms with E-state index >= 15 is 0 Å². The van der Waals surface area contributed by atoms with Crippen LogP contribution in [0, 0.1) is 5.92 Å². The van der Waals surface area contributed by atoms with Crippen molar-refractivity contribution < 1.29 is 9.59 Å². The van der Waals surface area contributed by atoms with Crippen molar-refractivity contribution in [2.45, 2.75) is 57.9 Å². The molecule has 0 aromatic heterocycles. The van der Waals surface area contributed by atoms with Gasteiger partial charge in [0, 0.05) is 26.1 Å². The zero-order valence-corrected chi connectivity index (χ0v) is 14.1. The number of carbonyl (C=O) groups excluding carboxylic acids is 2. The first-order valence-corrected chi connectivity index (χ1v) is 8.90. The van der Waals surface area contributed by atoms with Crippen molar-refractivity contribution in [3.63, 3.8) is 0 Å². The first-order valence-electron chi connectivity index (χ1n) is 8.90. The second-order valence-electron chi connectivity index (χ2n) is 6.70. The molecule has 22 heavy (non-hydrogen) atoms. The first kappa shape index (κ1) is 17.3. The van der Waals surface area contributed by atoms with Gasteiger partial charge in [0.2, 0.25) is 11.8 Å². The minimum absolute atomic E-state index is 0.157. The van der Waals surface area contributed by atoms with Gasteiger partial charge in [-0.2, -0.15) is 0 Å². The van der Waals surface area contributed by atoms with Gasteiger partial charge in [0.15, 0.2) is 0 Å². The lowest BCUT2D eigenvalue weighted by molar-refractivity contribution is -0.148. The number of rotatable bonds is 5. The third kappa shape index (κ3) is 4.22. The Bertz CT molecular complexity index is 384. The number of likely N-dealkylation sites (tertiary alicyclic amines) is 2. The van der Waals surface area contributed by atoms with Crippen molar-refractivity contribution >= 4 is 11.8 Å². The predicted molar refractivity (Wildman–Crippen MR) is 87.5 cm³/mol. The molecule has 2 atom stereocenters. The number of piperidine rings is 2. The summed E-state index contributed by atoms with van der Waals surface area (Å²) in [6.45, 7) is 5.43. The van der Waals surface area contributed by atoms with E-state index < -0.39 is 0 Å². The molecule has 2 aliphatic rings. The minimum atomic E-state index is -0.207. The highest BCUT2D eigenvalue weighted by atomic mass is 16.2. The van der Waals surface area contributed by atoms with Crippen LogP contribution in [0.1, 0.15) is 51.9 Å². The normalized spacial score (nSPS) is 26.1. The van der Waals surface area contributed by atoms with Gasteiger partial charge in [-0.05, 0) is 58.0 Å². The van der Waals surface area contributed by atoms with Gasteiger partial charge in [-0.3, -0.25) is 9.59 Å². The van der Waals surface area contributed by atoms with Crippen molar-refractivity contribution in [3.8, 4) is 0 Å². The molecule has 126 valence electrons. The zero-order valence-electron chi connectivity index (χ0n) is 14.1. The SMILES string of the molecule is CCCC(=O)N1CCCCC1C(=O)N1CCCC(CNC)C1. The Morgan fingerprint density at radius 1 is 1.14 bits per heavy atom. The molecule has 2 unspecified atom stereocenters. The van der Waals surface area contributed by atoms with Gasteiger partial charge < -0.3 is 15.1 Å². The summed E-state index contributed by atoms with van der Waals surface area (Å²) in [4.78, 5) is 29.1. The smallest absolute Gasteiger partial charge is 0.245 e. The van der Waals surface area contributed by atoms with E-state index in [1.54, 1.807) is 0 Å². The summed E-state index contributed by atoms with van der Waals surface area (Å²) in [5.41, 5.74) is 0. The van der Waals surface area contributed by atoms with Crippen LogP contribution < -0.4 is 5.32 Å². The molecule has 5 nitrogen and oxygen atoms in total. The summed E-state index contributed by atoms with van der Waals surface area (Å²) in [5.74, 6) is 0.889. The number of carbonyl (C=O) groups is 2. The van der Waals surface area contributed by atoms with Crippen LogP contribution in [0.2, 0.25) is 0 Å². The summed E-state index contributed by atoms with van der Waals surface area (Å²) >= 11 is 0. The fourth-order valence-corrected chi connectivity index (χ4v) is 3.78. The Balaban J connectivity index is 2.00. The molecule has 5 heteroatoms. The van der Waals surface area contributed by atoms with E-state index in [1.807, 2.05) is 23.8 Å². The van der Waals surface area contributed by atoms with Crippen LogP contribution in [0.15, 0.2) is 0 Å². The maximum Gasteiger partial charge on any atom is 0.245 e. The number of amides is 2. The topological polar surface area (TPSA) is 52.7 Å². The van der Waals surface area contributed by atoms with Crippen molar-refractivity contribution in [2.24, 2.45) is 5.92 Å².